The first-order valence-electron chi connectivity index (χ1n) is 7.96. The number of amides is 2. The molecule has 0 unspecified atom stereocenters. The van der Waals surface area contributed by atoms with Gasteiger partial charge in [0.15, 0.2) is 0 Å². The van der Waals surface area contributed by atoms with Gasteiger partial charge in [-0.25, -0.2) is 0 Å². The molecule has 0 aromatic heterocycles. The molecule has 1 aromatic carbocycles. The fourth-order valence-corrected chi connectivity index (χ4v) is 3.03. The maximum Gasteiger partial charge on any atom is 0.231 e. The van der Waals surface area contributed by atoms with Crippen molar-refractivity contribution in [2.24, 2.45) is 5.73 Å². The average molecular weight is 303 g/mol. The summed E-state index contributed by atoms with van der Waals surface area (Å²) >= 11 is 0. The Morgan fingerprint density at radius 3 is 2.50 bits per heavy atom. The molecule has 1 fully saturated rings. The minimum atomic E-state index is -0.310. The molecule has 1 saturated heterocycles. The second-order valence-electron chi connectivity index (χ2n) is 5.79. The second kappa shape index (κ2) is 7.94. The number of rotatable bonds is 5. The summed E-state index contributed by atoms with van der Waals surface area (Å²) in [6, 6.07) is 9.95. The van der Waals surface area contributed by atoms with Crippen molar-refractivity contribution in [3.63, 3.8) is 0 Å². The van der Waals surface area contributed by atoms with Crippen LogP contribution in [0, 0.1) is 0 Å². The summed E-state index contributed by atoms with van der Waals surface area (Å²) in [6.07, 6.45) is 1.68. The van der Waals surface area contributed by atoms with E-state index in [0.717, 1.165) is 31.5 Å². The summed E-state index contributed by atoms with van der Waals surface area (Å²) in [7, 11) is 0. The predicted octanol–water partition coefficient (Wildman–Crippen LogP) is 1.20. The number of nitrogens with two attached hydrogens (primary N) is 1. The molecule has 2 rings (SSSR count). The molecule has 2 N–H and O–H groups in total. The largest absolute Gasteiger partial charge is 0.369 e. The minimum Gasteiger partial charge on any atom is -0.369 e. The highest BCUT2D eigenvalue weighted by Crippen LogP contribution is 2.22. The van der Waals surface area contributed by atoms with E-state index in [9.17, 15) is 9.59 Å². The summed E-state index contributed by atoms with van der Waals surface area (Å²) in [4.78, 5) is 27.8. The number of hydrogen-bond donors (Lipinski definition) is 1. The lowest BCUT2D eigenvalue weighted by Crippen LogP contribution is -2.39. The summed E-state index contributed by atoms with van der Waals surface area (Å²) in [5.41, 5.74) is 6.33. The molecule has 1 aliphatic rings. The van der Waals surface area contributed by atoms with E-state index in [1.807, 2.05) is 47.1 Å². The molecule has 120 valence electrons. The van der Waals surface area contributed by atoms with Gasteiger partial charge >= 0.3 is 0 Å². The summed E-state index contributed by atoms with van der Waals surface area (Å²) in [5, 5.41) is 0. The Hall–Kier alpha value is -1.88. The van der Waals surface area contributed by atoms with Crippen molar-refractivity contribution in [3.05, 3.63) is 35.9 Å². The highest BCUT2D eigenvalue weighted by molar-refractivity contribution is 5.83. The van der Waals surface area contributed by atoms with Crippen LogP contribution in [0.4, 0.5) is 0 Å². The normalized spacial score (nSPS) is 17.8. The van der Waals surface area contributed by atoms with Crippen LogP contribution in [0.3, 0.4) is 0 Å². The monoisotopic (exact) mass is 303 g/mol. The molecule has 5 nitrogen and oxygen atoms in total. The van der Waals surface area contributed by atoms with Crippen LogP contribution in [0.25, 0.3) is 0 Å². The number of carbonyl (C=O) groups is 2. The third-order valence-electron chi connectivity index (χ3n) is 4.19. The van der Waals surface area contributed by atoms with Crippen molar-refractivity contribution in [3.8, 4) is 0 Å². The van der Waals surface area contributed by atoms with Crippen molar-refractivity contribution in [1.82, 2.24) is 9.80 Å². The smallest absolute Gasteiger partial charge is 0.231 e. The second-order valence-corrected chi connectivity index (χ2v) is 5.79. The number of hydrogen-bond acceptors (Lipinski definition) is 3. The van der Waals surface area contributed by atoms with Crippen molar-refractivity contribution in [2.45, 2.75) is 25.7 Å². The van der Waals surface area contributed by atoms with Gasteiger partial charge < -0.3 is 10.6 Å². The highest BCUT2D eigenvalue weighted by atomic mass is 16.2. The van der Waals surface area contributed by atoms with E-state index in [1.54, 1.807) is 0 Å². The Kier molecular flexibility index (Phi) is 5.95. The van der Waals surface area contributed by atoms with Crippen LogP contribution in [-0.2, 0) is 9.59 Å². The standard InChI is InChI=1S/C17H25N3O2/c1-2-15(14-7-4-3-5-8-14)17(22)20-10-6-9-19(11-12-20)13-16(18)21/h3-5,7-8,15H,2,6,9-13H2,1H3,(H2,18,21)/t15-/m0/s1. The van der Waals surface area contributed by atoms with Crippen molar-refractivity contribution in [1.29, 1.82) is 0 Å². The van der Waals surface area contributed by atoms with Crippen LogP contribution in [0.5, 0.6) is 0 Å². The Morgan fingerprint density at radius 1 is 1.14 bits per heavy atom. The van der Waals surface area contributed by atoms with Gasteiger partial charge in [0, 0.05) is 26.2 Å². The molecular formula is C17H25N3O2. The fourth-order valence-electron chi connectivity index (χ4n) is 3.03. The Balaban J connectivity index is 2.01. The van der Waals surface area contributed by atoms with Gasteiger partial charge in [0.2, 0.25) is 11.8 Å². The molecule has 0 radical (unpaired) electrons. The van der Waals surface area contributed by atoms with Crippen LogP contribution in [0.2, 0.25) is 0 Å². The predicted molar refractivity (Wildman–Crippen MR) is 86.3 cm³/mol. The van der Waals surface area contributed by atoms with Crippen molar-refractivity contribution in [2.75, 3.05) is 32.7 Å². The molecule has 1 aliphatic heterocycles. The molecule has 5 heteroatoms. The van der Waals surface area contributed by atoms with Crippen LogP contribution in [-0.4, -0.2) is 54.3 Å². The van der Waals surface area contributed by atoms with Crippen LogP contribution in [0.15, 0.2) is 30.3 Å². The van der Waals surface area contributed by atoms with Gasteiger partial charge in [-0.1, -0.05) is 37.3 Å². The third kappa shape index (κ3) is 4.31. The minimum absolute atomic E-state index is 0.0797. The molecule has 1 heterocycles. The van der Waals surface area contributed by atoms with E-state index in [4.69, 9.17) is 5.73 Å². The van der Waals surface area contributed by atoms with Crippen LogP contribution in [0.1, 0.15) is 31.2 Å². The first-order valence-corrected chi connectivity index (χ1v) is 7.96. The SMILES string of the molecule is CC[C@H](C(=O)N1CCCN(CC(N)=O)CC1)c1ccccc1. The first kappa shape index (κ1) is 16.5. The number of nitrogens with zero attached hydrogens (tertiary/aromatic N) is 2. The van der Waals surface area contributed by atoms with Gasteiger partial charge in [-0.2, -0.15) is 0 Å². The first-order chi connectivity index (χ1) is 10.6. The quantitative estimate of drug-likeness (QED) is 0.889. The lowest BCUT2D eigenvalue weighted by atomic mass is 9.95. The molecule has 0 spiro atoms. The summed E-state index contributed by atoms with van der Waals surface area (Å²) in [6.45, 7) is 5.26. The zero-order valence-electron chi connectivity index (χ0n) is 13.2. The van der Waals surface area contributed by atoms with E-state index >= 15 is 0 Å². The topological polar surface area (TPSA) is 66.6 Å². The van der Waals surface area contributed by atoms with E-state index in [-0.39, 0.29) is 24.3 Å². The van der Waals surface area contributed by atoms with Gasteiger partial charge in [-0.3, -0.25) is 14.5 Å². The molecule has 1 atom stereocenters. The lowest BCUT2D eigenvalue weighted by Gasteiger charge is -2.26. The number of benzene rings is 1. The zero-order chi connectivity index (χ0) is 15.9. The third-order valence-corrected chi connectivity index (χ3v) is 4.19. The van der Waals surface area contributed by atoms with E-state index in [2.05, 4.69) is 0 Å². The molecule has 1 aromatic rings. The highest BCUT2D eigenvalue weighted by Gasteiger charge is 2.26. The van der Waals surface area contributed by atoms with E-state index in [1.165, 1.54) is 0 Å². The molecule has 22 heavy (non-hydrogen) atoms. The van der Waals surface area contributed by atoms with E-state index < -0.39 is 0 Å². The van der Waals surface area contributed by atoms with E-state index in [0.29, 0.717) is 13.1 Å². The van der Waals surface area contributed by atoms with Crippen LogP contribution >= 0.6 is 0 Å². The maximum atomic E-state index is 12.8. The van der Waals surface area contributed by atoms with Crippen molar-refractivity contribution < 1.29 is 9.59 Å². The summed E-state index contributed by atoms with van der Waals surface area (Å²) in [5.74, 6) is -0.200. The molecule has 2 amide bonds. The molecule has 0 saturated carbocycles. The number of carbonyl (C=O) groups excluding carboxylic acids is 2. The lowest BCUT2D eigenvalue weighted by molar-refractivity contribution is -0.132. The van der Waals surface area contributed by atoms with Gasteiger partial charge in [-0.15, -0.1) is 0 Å². The Morgan fingerprint density at radius 2 is 1.86 bits per heavy atom. The van der Waals surface area contributed by atoms with Crippen LogP contribution < -0.4 is 5.73 Å². The van der Waals surface area contributed by atoms with Gasteiger partial charge in [0.1, 0.15) is 0 Å². The average Bonchev–Trinajstić information content (AvgIpc) is 2.74. The summed E-state index contributed by atoms with van der Waals surface area (Å²) < 4.78 is 0. The number of primary amides is 1. The van der Waals surface area contributed by atoms with Gasteiger partial charge in [0.05, 0.1) is 12.5 Å². The van der Waals surface area contributed by atoms with Crippen molar-refractivity contribution >= 4 is 11.8 Å². The molecule has 0 aliphatic carbocycles. The maximum absolute atomic E-state index is 12.8. The molecule has 0 bridgehead atoms. The Bertz CT molecular complexity index is 504. The Labute approximate surface area is 132 Å². The zero-order valence-corrected chi connectivity index (χ0v) is 13.2. The fraction of sp³-hybridized carbons (Fsp3) is 0.529. The molecular weight excluding hydrogens is 278 g/mol. The van der Waals surface area contributed by atoms with Gasteiger partial charge in [0.25, 0.3) is 0 Å². The van der Waals surface area contributed by atoms with Gasteiger partial charge in [-0.05, 0) is 18.4 Å².